The normalized spacial score (nSPS) is 17.8. The molecule has 1 saturated heterocycles. The fourth-order valence-electron chi connectivity index (χ4n) is 2.56. The first-order valence-electron chi connectivity index (χ1n) is 7.95. The third-order valence-electron chi connectivity index (χ3n) is 3.85. The van der Waals surface area contributed by atoms with Crippen LogP contribution < -0.4 is 5.32 Å². The van der Waals surface area contributed by atoms with Crippen LogP contribution in [0.15, 0.2) is 28.7 Å². The molecule has 0 saturated carbocycles. The van der Waals surface area contributed by atoms with Gasteiger partial charge < -0.3 is 14.8 Å². The van der Waals surface area contributed by atoms with Gasteiger partial charge in [0.2, 0.25) is 0 Å². The van der Waals surface area contributed by atoms with Crippen molar-refractivity contribution in [3.8, 4) is 0 Å². The summed E-state index contributed by atoms with van der Waals surface area (Å²) in [4.78, 5) is 0. The largest absolute Gasteiger partial charge is 0.381 e. The molecular formula is C17H26BrNO2. The second-order valence-electron chi connectivity index (χ2n) is 5.64. The average molecular weight is 356 g/mol. The molecule has 4 heteroatoms. The van der Waals surface area contributed by atoms with Crippen molar-refractivity contribution in [3.05, 3.63) is 34.3 Å². The van der Waals surface area contributed by atoms with Gasteiger partial charge in [-0.15, -0.1) is 0 Å². The topological polar surface area (TPSA) is 30.5 Å². The highest BCUT2D eigenvalue weighted by Gasteiger charge is 2.18. The minimum atomic E-state index is 0.122. The number of halogens is 1. The van der Waals surface area contributed by atoms with Crippen LogP contribution in [0.2, 0.25) is 0 Å². The van der Waals surface area contributed by atoms with Crippen molar-refractivity contribution in [1.29, 1.82) is 0 Å². The van der Waals surface area contributed by atoms with Gasteiger partial charge in [0.25, 0.3) is 0 Å². The third-order valence-corrected chi connectivity index (χ3v) is 4.34. The zero-order valence-corrected chi connectivity index (χ0v) is 14.4. The van der Waals surface area contributed by atoms with Crippen LogP contribution in [0.4, 0.5) is 0 Å². The van der Waals surface area contributed by atoms with Crippen molar-refractivity contribution in [2.24, 2.45) is 5.92 Å². The summed E-state index contributed by atoms with van der Waals surface area (Å²) in [5.74, 6) is 0.638. The molecule has 3 nitrogen and oxygen atoms in total. The van der Waals surface area contributed by atoms with E-state index in [0.717, 1.165) is 56.6 Å². The van der Waals surface area contributed by atoms with Crippen LogP contribution in [-0.4, -0.2) is 32.9 Å². The van der Waals surface area contributed by atoms with Gasteiger partial charge >= 0.3 is 0 Å². The molecule has 1 aromatic rings. The Labute approximate surface area is 136 Å². The predicted octanol–water partition coefficient (Wildman–Crippen LogP) is 3.93. The molecule has 1 N–H and O–H groups in total. The summed E-state index contributed by atoms with van der Waals surface area (Å²) < 4.78 is 12.7. The quantitative estimate of drug-likeness (QED) is 0.716. The summed E-state index contributed by atoms with van der Waals surface area (Å²) in [6.07, 6.45) is 3.50. The molecule has 1 aliphatic rings. The lowest BCUT2D eigenvalue weighted by Crippen LogP contribution is -2.27. The maximum atomic E-state index is 6.23. The molecule has 1 aromatic carbocycles. The van der Waals surface area contributed by atoms with Gasteiger partial charge in [-0.05, 0) is 49.4 Å². The molecule has 1 atom stereocenters. The Morgan fingerprint density at radius 2 is 2.19 bits per heavy atom. The lowest BCUT2D eigenvalue weighted by atomic mass is 10.0. The van der Waals surface area contributed by atoms with E-state index in [1.807, 2.05) is 0 Å². The standard InChI is InChI=1S/C17H26BrNO2/c1-2-8-19-12-17(15-4-3-5-16(18)11-15)21-13-14-6-9-20-10-7-14/h3-5,11,14,17,19H,2,6-10,12-13H2,1H3. The van der Waals surface area contributed by atoms with E-state index >= 15 is 0 Å². The van der Waals surface area contributed by atoms with E-state index in [-0.39, 0.29) is 6.10 Å². The van der Waals surface area contributed by atoms with Gasteiger partial charge in [-0.2, -0.15) is 0 Å². The Morgan fingerprint density at radius 1 is 1.38 bits per heavy atom. The van der Waals surface area contributed by atoms with Crippen LogP contribution in [0.1, 0.15) is 37.9 Å². The smallest absolute Gasteiger partial charge is 0.0949 e. The summed E-state index contributed by atoms with van der Waals surface area (Å²) in [5, 5.41) is 3.48. The van der Waals surface area contributed by atoms with Gasteiger partial charge in [0.1, 0.15) is 0 Å². The summed E-state index contributed by atoms with van der Waals surface area (Å²) in [7, 11) is 0. The van der Waals surface area contributed by atoms with E-state index < -0.39 is 0 Å². The Hall–Kier alpha value is -0.420. The van der Waals surface area contributed by atoms with Crippen LogP contribution in [0, 0.1) is 5.92 Å². The van der Waals surface area contributed by atoms with Gasteiger partial charge in [0, 0.05) is 24.2 Å². The zero-order valence-electron chi connectivity index (χ0n) is 12.8. The first kappa shape index (κ1) is 16.9. The lowest BCUT2D eigenvalue weighted by molar-refractivity contribution is -0.0113. The molecule has 118 valence electrons. The molecule has 1 heterocycles. The van der Waals surface area contributed by atoms with Crippen LogP contribution in [0.3, 0.4) is 0 Å². The number of hydrogen-bond acceptors (Lipinski definition) is 3. The molecular weight excluding hydrogens is 330 g/mol. The first-order chi connectivity index (χ1) is 10.3. The van der Waals surface area contributed by atoms with Crippen molar-refractivity contribution in [2.45, 2.75) is 32.3 Å². The zero-order chi connectivity index (χ0) is 14.9. The average Bonchev–Trinajstić information content (AvgIpc) is 2.52. The van der Waals surface area contributed by atoms with E-state index in [0.29, 0.717) is 5.92 Å². The maximum Gasteiger partial charge on any atom is 0.0949 e. The van der Waals surface area contributed by atoms with Crippen LogP contribution in [0.5, 0.6) is 0 Å². The lowest BCUT2D eigenvalue weighted by Gasteiger charge is -2.25. The minimum Gasteiger partial charge on any atom is -0.381 e. The SMILES string of the molecule is CCCNCC(OCC1CCOCC1)c1cccc(Br)c1. The molecule has 1 fully saturated rings. The molecule has 0 aromatic heterocycles. The summed E-state index contributed by atoms with van der Waals surface area (Å²) in [5.41, 5.74) is 1.24. The Morgan fingerprint density at radius 3 is 2.90 bits per heavy atom. The van der Waals surface area contributed by atoms with Crippen molar-refractivity contribution in [2.75, 3.05) is 32.9 Å². The van der Waals surface area contributed by atoms with E-state index in [1.54, 1.807) is 0 Å². The third kappa shape index (κ3) is 6.07. The second kappa shape index (κ2) is 9.57. The molecule has 1 aliphatic heterocycles. The predicted molar refractivity (Wildman–Crippen MR) is 89.5 cm³/mol. The van der Waals surface area contributed by atoms with Crippen LogP contribution >= 0.6 is 15.9 Å². The van der Waals surface area contributed by atoms with E-state index in [2.05, 4.69) is 52.4 Å². The number of nitrogens with one attached hydrogen (secondary N) is 1. The second-order valence-corrected chi connectivity index (χ2v) is 6.55. The summed E-state index contributed by atoms with van der Waals surface area (Å²) in [6, 6.07) is 8.43. The molecule has 0 amide bonds. The summed E-state index contributed by atoms with van der Waals surface area (Å²) in [6.45, 7) is 6.67. The van der Waals surface area contributed by atoms with Crippen molar-refractivity contribution in [1.82, 2.24) is 5.32 Å². The molecule has 0 bridgehead atoms. The Balaban J connectivity index is 1.91. The van der Waals surface area contributed by atoms with Gasteiger partial charge in [-0.1, -0.05) is 35.0 Å². The van der Waals surface area contributed by atoms with Gasteiger partial charge in [-0.3, -0.25) is 0 Å². The van der Waals surface area contributed by atoms with Crippen molar-refractivity contribution in [3.63, 3.8) is 0 Å². The fraction of sp³-hybridized carbons (Fsp3) is 0.647. The highest BCUT2D eigenvalue weighted by Crippen LogP contribution is 2.23. The van der Waals surface area contributed by atoms with E-state index in [9.17, 15) is 0 Å². The molecule has 0 radical (unpaired) electrons. The van der Waals surface area contributed by atoms with Gasteiger partial charge in [-0.25, -0.2) is 0 Å². The van der Waals surface area contributed by atoms with Gasteiger partial charge in [0.15, 0.2) is 0 Å². The number of rotatable bonds is 8. The minimum absolute atomic E-state index is 0.122. The Kier molecular flexibility index (Phi) is 7.72. The van der Waals surface area contributed by atoms with Crippen molar-refractivity contribution < 1.29 is 9.47 Å². The molecule has 0 aliphatic carbocycles. The number of hydrogen-bond donors (Lipinski definition) is 1. The highest BCUT2D eigenvalue weighted by atomic mass is 79.9. The van der Waals surface area contributed by atoms with Gasteiger partial charge in [0.05, 0.1) is 12.7 Å². The Bertz CT molecular complexity index is 408. The van der Waals surface area contributed by atoms with Crippen LogP contribution in [-0.2, 0) is 9.47 Å². The molecule has 21 heavy (non-hydrogen) atoms. The van der Waals surface area contributed by atoms with E-state index in [4.69, 9.17) is 9.47 Å². The summed E-state index contributed by atoms with van der Waals surface area (Å²) >= 11 is 3.55. The number of benzene rings is 1. The number of ether oxygens (including phenoxy) is 2. The molecule has 1 unspecified atom stereocenters. The molecule has 0 spiro atoms. The van der Waals surface area contributed by atoms with E-state index in [1.165, 1.54) is 5.56 Å². The maximum absolute atomic E-state index is 6.23. The highest BCUT2D eigenvalue weighted by molar-refractivity contribution is 9.10. The first-order valence-corrected chi connectivity index (χ1v) is 8.74. The monoisotopic (exact) mass is 355 g/mol. The van der Waals surface area contributed by atoms with Crippen LogP contribution in [0.25, 0.3) is 0 Å². The molecule has 2 rings (SSSR count). The fourth-order valence-corrected chi connectivity index (χ4v) is 2.97. The van der Waals surface area contributed by atoms with Crippen molar-refractivity contribution >= 4 is 15.9 Å².